The Labute approximate surface area is 169 Å². The first kappa shape index (κ1) is 17.8. The van der Waals surface area contributed by atoms with Crippen molar-refractivity contribution in [2.75, 3.05) is 6.73 Å². The predicted molar refractivity (Wildman–Crippen MR) is 109 cm³/mol. The molecule has 0 atom stereocenters. The fourth-order valence-corrected chi connectivity index (χ4v) is 3.72. The van der Waals surface area contributed by atoms with Crippen LogP contribution in [0.15, 0.2) is 58.7 Å². The number of aryl methyl sites for hydroxylation is 2. The molecular weight excluding hydrogens is 366 g/mol. The van der Waals surface area contributed by atoms with Gasteiger partial charge in [0.1, 0.15) is 29.8 Å². The van der Waals surface area contributed by atoms with Crippen molar-refractivity contribution in [3.8, 4) is 11.5 Å². The summed E-state index contributed by atoms with van der Waals surface area (Å²) in [5.41, 5.74) is 3.94. The zero-order chi connectivity index (χ0) is 20.0. The number of Topliss-reactive ketones (excluding diaryl/α,β-unsaturated/α-hetero) is 1. The average Bonchev–Trinajstić information content (AvgIpc) is 3.27. The van der Waals surface area contributed by atoms with Gasteiger partial charge in [-0.15, -0.1) is 0 Å². The second-order valence-corrected chi connectivity index (χ2v) is 7.55. The van der Waals surface area contributed by atoms with Gasteiger partial charge < -0.3 is 13.9 Å². The van der Waals surface area contributed by atoms with Crippen LogP contribution in [0.25, 0.3) is 6.08 Å². The molecule has 29 heavy (non-hydrogen) atoms. The van der Waals surface area contributed by atoms with Crippen molar-refractivity contribution < 1.29 is 18.7 Å². The summed E-state index contributed by atoms with van der Waals surface area (Å²) in [5.74, 6) is 2.90. The van der Waals surface area contributed by atoms with Gasteiger partial charge in [0.05, 0.1) is 11.1 Å². The lowest BCUT2D eigenvalue weighted by molar-refractivity contribution is 0.0873. The Bertz CT molecular complexity index is 1120. The van der Waals surface area contributed by atoms with Crippen LogP contribution in [0.5, 0.6) is 11.5 Å². The fraction of sp³-hybridized carbons (Fsp3) is 0.208. The molecule has 2 aromatic carbocycles. The van der Waals surface area contributed by atoms with Gasteiger partial charge in [-0.1, -0.05) is 29.8 Å². The van der Waals surface area contributed by atoms with Crippen molar-refractivity contribution in [2.24, 2.45) is 0 Å². The first-order valence-electron chi connectivity index (χ1n) is 9.64. The molecule has 3 aromatic rings. The third kappa shape index (κ3) is 3.34. The lowest BCUT2D eigenvalue weighted by Crippen LogP contribution is -2.31. The molecule has 0 aliphatic carbocycles. The maximum absolute atomic E-state index is 12.8. The Kier molecular flexibility index (Phi) is 4.25. The van der Waals surface area contributed by atoms with Crippen LogP contribution in [-0.4, -0.2) is 17.4 Å². The lowest BCUT2D eigenvalue weighted by Gasteiger charge is -2.29. The second kappa shape index (κ2) is 6.94. The van der Waals surface area contributed by atoms with E-state index in [2.05, 4.69) is 36.1 Å². The van der Waals surface area contributed by atoms with Crippen LogP contribution in [0.4, 0.5) is 0 Å². The van der Waals surface area contributed by atoms with Crippen molar-refractivity contribution in [1.29, 1.82) is 0 Å². The number of hydrogen-bond acceptors (Lipinski definition) is 5. The van der Waals surface area contributed by atoms with Crippen LogP contribution in [0.1, 0.15) is 38.6 Å². The highest BCUT2D eigenvalue weighted by Crippen LogP contribution is 2.42. The Hall–Kier alpha value is -3.31. The Morgan fingerprint density at radius 3 is 2.62 bits per heavy atom. The third-order valence-electron chi connectivity index (χ3n) is 5.24. The number of ether oxygens (including phenoxy) is 2. The number of carbonyl (C=O) groups is 1. The van der Waals surface area contributed by atoms with Crippen LogP contribution in [0.2, 0.25) is 0 Å². The smallest absolute Gasteiger partial charge is 0.232 e. The summed E-state index contributed by atoms with van der Waals surface area (Å²) < 4.78 is 17.5. The van der Waals surface area contributed by atoms with Crippen LogP contribution in [-0.2, 0) is 13.1 Å². The van der Waals surface area contributed by atoms with Gasteiger partial charge in [0.25, 0.3) is 0 Å². The number of hydrogen-bond donors (Lipinski definition) is 0. The molecule has 146 valence electrons. The molecule has 0 amide bonds. The molecule has 0 spiro atoms. The van der Waals surface area contributed by atoms with Gasteiger partial charge in [-0.05, 0) is 43.7 Å². The highest BCUT2D eigenvalue weighted by atomic mass is 16.5. The minimum Gasteiger partial charge on any atom is -0.478 e. The summed E-state index contributed by atoms with van der Waals surface area (Å²) in [4.78, 5) is 15.0. The zero-order valence-electron chi connectivity index (χ0n) is 16.4. The fourth-order valence-electron chi connectivity index (χ4n) is 3.72. The van der Waals surface area contributed by atoms with E-state index in [1.54, 1.807) is 12.1 Å². The molecule has 0 bridgehead atoms. The SMILES string of the molecule is Cc1ccc(CN2COc3ccc4c(c3C2)O/C(=C\c2ccc(C)o2)C4=O)cc1. The van der Waals surface area contributed by atoms with E-state index in [0.717, 1.165) is 23.6 Å². The maximum Gasteiger partial charge on any atom is 0.232 e. The summed E-state index contributed by atoms with van der Waals surface area (Å²) in [6.07, 6.45) is 1.65. The van der Waals surface area contributed by atoms with E-state index >= 15 is 0 Å². The van der Waals surface area contributed by atoms with E-state index < -0.39 is 0 Å². The monoisotopic (exact) mass is 387 g/mol. The van der Waals surface area contributed by atoms with Crippen molar-refractivity contribution in [1.82, 2.24) is 4.90 Å². The molecule has 5 nitrogen and oxygen atoms in total. The van der Waals surface area contributed by atoms with Gasteiger partial charge in [0, 0.05) is 19.2 Å². The van der Waals surface area contributed by atoms with Gasteiger partial charge in [-0.3, -0.25) is 9.69 Å². The van der Waals surface area contributed by atoms with Crippen LogP contribution >= 0.6 is 0 Å². The number of nitrogens with zero attached hydrogens (tertiary/aromatic N) is 1. The standard InChI is InChI=1S/C24H21NO4/c1-15-3-6-17(7-4-15)12-25-13-20-21(27-14-25)10-9-19-23(26)22(29-24(19)20)11-18-8-5-16(2)28-18/h3-11H,12-14H2,1-2H3/b22-11-. The van der Waals surface area contributed by atoms with Crippen molar-refractivity contribution in [2.45, 2.75) is 26.9 Å². The third-order valence-corrected chi connectivity index (χ3v) is 5.24. The average molecular weight is 387 g/mol. The minimum absolute atomic E-state index is 0.132. The normalized spacial score (nSPS) is 17.0. The summed E-state index contributed by atoms with van der Waals surface area (Å²) in [6.45, 7) is 5.88. The highest BCUT2D eigenvalue weighted by molar-refractivity contribution is 6.14. The topological polar surface area (TPSA) is 51.9 Å². The van der Waals surface area contributed by atoms with Crippen molar-refractivity contribution in [3.05, 3.63) is 88.1 Å². The molecule has 5 heteroatoms. The van der Waals surface area contributed by atoms with Gasteiger partial charge >= 0.3 is 0 Å². The number of furan rings is 1. The zero-order valence-corrected chi connectivity index (χ0v) is 16.4. The summed E-state index contributed by atoms with van der Waals surface area (Å²) in [6, 6.07) is 15.8. The molecule has 3 heterocycles. The molecule has 5 rings (SSSR count). The minimum atomic E-state index is -0.132. The first-order chi connectivity index (χ1) is 14.1. The number of allylic oxidation sites excluding steroid dienone is 1. The Morgan fingerprint density at radius 2 is 1.86 bits per heavy atom. The molecule has 0 N–H and O–H groups in total. The summed E-state index contributed by atoms with van der Waals surface area (Å²) in [5, 5.41) is 0. The van der Waals surface area contributed by atoms with E-state index in [9.17, 15) is 4.79 Å². The molecule has 1 aromatic heterocycles. The largest absolute Gasteiger partial charge is 0.478 e. The van der Waals surface area contributed by atoms with Gasteiger partial charge in [0.15, 0.2) is 5.76 Å². The maximum atomic E-state index is 12.8. The molecule has 0 saturated heterocycles. The lowest BCUT2D eigenvalue weighted by atomic mass is 10.0. The summed E-state index contributed by atoms with van der Waals surface area (Å²) >= 11 is 0. The van der Waals surface area contributed by atoms with Crippen LogP contribution < -0.4 is 9.47 Å². The van der Waals surface area contributed by atoms with Crippen LogP contribution in [0, 0.1) is 13.8 Å². The van der Waals surface area contributed by atoms with Crippen molar-refractivity contribution >= 4 is 11.9 Å². The van der Waals surface area contributed by atoms with E-state index in [0.29, 0.717) is 30.3 Å². The molecule has 0 radical (unpaired) electrons. The number of ketones is 1. The number of benzene rings is 2. The van der Waals surface area contributed by atoms with E-state index in [1.807, 2.05) is 25.1 Å². The number of carbonyl (C=O) groups excluding carboxylic acids is 1. The van der Waals surface area contributed by atoms with Gasteiger partial charge in [-0.2, -0.15) is 0 Å². The first-order valence-corrected chi connectivity index (χ1v) is 9.64. The Balaban J connectivity index is 1.42. The van der Waals surface area contributed by atoms with E-state index in [1.165, 1.54) is 11.1 Å². The van der Waals surface area contributed by atoms with Crippen LogP contribution in [0.3, 0.4) is 0 Å². The van der Waals surface area contributed by atoms with Gasteiger partial charge in [-0.25, -0.2) is 0 Å². The molecule has 2 aliphatic rings. The van der Waals surface area contributed by atoms with Gasteiger partial charge in [0.2, 0.25) is 5.78 Å². The van der Waals surface area contributed by atoms with Crippen molar-refractivity contribution in [3.63, 3.8) is 0 Å². The predicted octanol–water partition coefficient (Wildman–Crippen LogP) is 4.86. The molecule has 0 saturated carbocycles. The van der Waals surface area contributed by atoms with E-state index in [4.69, 9.17) is 13.9 Å². The number of rotatable bonds is 3. The van der Waals surface area contributed by atoms with E-state index in [-0.39, 0.29) is 11.5 Å². The molecule has 0 unspecified atom stereocenters. The molecule has 2 aliphatic heterocycles. The molecule has 0 fully saturated rings. The quantitative estimate of drug-likeness (QED) is 0.601. The summed E-state index contributed by atoms with van der Waals surface area (Å²) in [7, 11) is 0. The Morgan fingerprint density at radius 1 is 1.03 bits per heavy atom. The number of fused-ring (bicyclic) bond motifs is 3. The second-order valence-electron chi connectivity index (χ2n) is 7.55. The molecular formula is C24H21NO4. The highest BCUT2D eigenvalue weighted by Gasteiger charge is 2.33.